The predicted octanol–water partition coefficient (Wildman–Crippen LogP) is 3.90. The van der Waals surface area contributed by atoms with Crippen molar-refractivity contribution in [2.45, 2.75) is 33.6 Å². The van der Waals surface area contributed by atoms with Crippen LogP contribution in [0, 0.1) is 26.7 Å². The van der Waals surface area contributed by atoms with Crippen molar-refractivity contribution in [3.63, 3.8) is 0 Å². The topological polar surface area (TPSA) is 61.4 Å². The number of anilines is 2. The van der Waals surface area contributed by atoms with Gasteiger partial charge in [-0.05, 0) is 76.0 Å². The van der Waals surface area contributed by atoms with E-state index in [9.17, 15) is 9.59 Å². The van der Waals surface area contributed by atoms with Gasteiger partial charge in [0.25, 0.3) is 0 Å². The molecular formula is C23H29N3O2. The molecule has 1 fully saturated rings. The molecule has 2 aromatic carbocycles. The van der Waals surface area contributed by atoms with Crippen LogP contribution in [0.25, 0.3) is 0 Å². The summed E-state index contributed by atoms with van der Waals surface area (Å²) in [5.41, 5.74) is 5.16. The number of benzene rings is 2. The van der Waals surface area contributed by atoms with Crippen molar-refractivity contribution in [1.29, 1.82) is 0 Å². The van der Waals surface area contributed by atoms with E-state index >= 15 is 0 Å². The van der Waals surface area contributed by atoms with E-state index in [1.54, 1.807) is 0 Å². The van der Waals surface area contributed by atoms with Crippen LogP contribution in [0.5, 0.6) is 0 Å². The number of rotatable bonds is 5. The first-order chi connectivity index (χ1) is 13.4. The number of hydrogen-bond donors (Lipinski definition) is 2. The second kappa shape index (κ2) is 9.02. The first-order valence-corrected chi connectivity index (χ1v) is 9.88. The van der Waals surface area contributed by atoms with E-state index in [1.165, 1.54) is 11.1 Å². The van der Waals surface area contributed by atoms with Crippen LogP contribution < -0.4 is 10.6 Å². The standard InChI is InChI=1S/C23H29N3O2/c1-16-7-9-20(10-8-16)24-22(27)15-26-13-11-19(12-14-26)23(28)25-21-6-4-5-17(2)18(21)3/h4-10,19H,11-15H2,1-3H3,(H,24,27)(H,25,28). The first kappa shape index (κ1) is 20.1. The van der Waals surface area contributed by atoms with Gasteiger partial charge in [-0.1, -0.05) is 29.8 Å². The first-order valence-electron chi connectivity index (χ1n) is 9.88. The zero-order valence-electron chi connectivity index (χ0n) is 16.9. The Morgan fingerprint density at radius 1 is 0.964 bits per heavy atom. The molecule has 2 amide bonds. The SMILES string of the molecule is Cc1ccc(NC(=O)CN2CCC(C(=O)Nc3cccc(C)c3C)CC2)cc1. The van der Waals surface area contributed by atoms with Gasteiger partial charge in [-0.25, -0.2) is 0 Å². The summed E-state index contributed by atoms with van der Waals surface area (Å²) >= 11 is 0. The summed E-state index contributed by atoms with van der Waals surface area (Å²) in [4.78, 5) is 27.0. The third kappa shape index (κ3) is 5.20. The quantitative estimate of drug-likeness (QED) is 0.828. The molecule has 5 nitrogen and oxygen atoms in total. The number of aryl methyl sites for hydroxylation is 2. The molecule has 0 saturated carbocycles. The van der Waals surface area contributed by atoms with Gasteiger partial charge in [0.15, 0.2) is 0 Å². The Hall–Kier alpha value is -2.66. The van der Waals surface area contributed by atoms with Gasteiger partial charge in [-0.2, -0.15) is 0 Å². The summed E-state index contributed by atoms with van der Waals surface area (Å²) in [5, 5.41) is 6.01. The monoisotopic (exact) mass is 379 g/mol. The molecule has 1 aliphatic rings. The van der Waals surface area contributed by atoms with Crippen LogP contribution in [0.1, 0.15) is 29.5 Å². The average Bonchev–Trinajstić information content (AvgIpc) is 2.68. The fourth-order valence-corrected chi connectivity index (χ4v) is 3.52. The zero-order chi connectivity index (χ0) is 20.1. The van der Waals surface area contributed by atoms with Crippen LogP contribution in [0.15, 0.2) is 42.5 Å². The second-order valence-electron chi connectivity index (χ2n) is 7.70. The molecule has 0 atom stereocenters. The zero-order valence-corrected chi connectivity index (χ0v) is 16.9. The van der Waals surface area contributed by atoms with E-state index in [2.05, 4.69) is 15.5 Å². The molecule has 1 aliphatic heterocycles. The lowest BCUT2D eigenvalue weighted by Gasteiger charge is -2.30. The van der Waals surface area contributed by atoms with Crippen molar-refractivity contribution in [3.05, 3.63) is 59.2 Å². The van der Waals surface area contributed by atoms with Crippen LogP contribution in [-0.2, 0) is 9.59 Å². The van der Waals surface area contributed by atoms with Gasteiger partial charge >= 0.3 is 0 Å². The van der Waals surface area contributed by atoms with Crippen LogP contribution in [0.4, 0.5) is 11.4 Å². The summed E-state index contributed by atoms with van der Waals surface area (Å²) in [5.74, 6) is 0.0657. The molecule has 0 aromatic heterocycles. The number of carbonyl (C=O) groups excluding carboxylic acids is 2. The third-order valence-corrected chi connectivity index (χ3v) is 5.52. The van der Waals surface area contributed by atoms with E-state index < -0.39 is 0 Å². The summed E-state index contributed by atoms with van der Waals surface area (Å²) < 4.78 is 0. The molecular weight excluding hydrogens is 350 g/mol. The van der Waals surface area contributed by atoms with Crippen molar-refractivity contribution < 1.29 is 9.59 Å². The van der Waals surface area contributed by atoms with Gasteiger partial charge in [0, 0.05) is 17.3 Å². The number of nitrogens with one attached hydrogen (secondary N) is 2. The highest BCUT2D eigenvalue weighted by atomic mass is 16.2. The van der Waals surface area contributed by atoms with Gasteiger partial charge in [0.1, 0.15) is 0 Å². The van der Waals surface area contributed by atoms with Gasteiger partial charge in [0.2, 0.25) is 11.8 Å². The normalized spacial score (nSPS) is 15.2. The second-order valence-corrected chi connectivity index (χ2v) is 7.70. The highest BCUT2D eigenvalue weighted by molar-refractivity contribution is 5.94. The molecule has 148 valence electrons. The number of carbonyl (C=O) groups is 2. The summed E-state index contributed by atoms with van der Waals surface area (Å²) in [7, 11) is 0. The van der Waals surface area contributed by atoms with E-state index in [0.29, 0.717) is 6.54 Å². The van der Waals surface area contributed by atoms with Crippen molar-refractivity contribution in [3.8, 4) is 0 Å². The van der Waals surface area contributed by atoms with E-state index in [1.807, 2.05) is 63.2 Å². The molecule has 1 saturated heterocycles. The number of piperidine rings is 1. The minimum Gasteiger partial charge on any atom is -0.326 e. The summed E-state index contributed by atoms with van der Waals surface area (Å²) in [6.45, 7) is 7.97. The lowest BCUT2D eigenvalue weighted by atomic mass is 9.95. The lowest BCUT2D eigenvalue weighted by molar-refractivity contribution is -0.121. The van der Waals surface area contributed by atoms with Crippen LogP contribution >= 0.6 is 0 Å². The van der Waals surface area contributed by atoms with Crippen molar-refractivity contribution in [1.82, 2.24) is 4.90 Å². The maximum absolute atomic E-state index is 12.6. The molecule has 0 unspecified atom stereocenters. The van der Waals surface area contributed by atoms with Crippen molar-refractivity contribution in [2.24, 2.45) is 5.92 Å². The van der Waals surface area contributed by atoms with Gasteiger partial charge in [0.05, 0.1) is 6.54 Å². The third-order valence-electron chi connectivity index (χ3n) is 5.52. The smallest absolute Gasteiger partial charge is 0.238 e. The van der Waals surface area contributed by atoms with Crippen LogP contribution in [0.3, 0.4) is 0 Å². The van der Waals surface area contributed by atoms with Gasteiger partial charge in [-0.15, -0.1) is 0 Å². The Morgan fingerprint density at radius 3 is 2.32 bits per heavy atom. The molecule has 1 heterocycles. The van der Waals surface area contributed by atoms with Gasteiger partial charge < -0.3 is 10.6 Å². The molecule has 2 aromatic rings. The number of likely N-dealkylation sites (tertiary alicyclic amines) is 1. The maximum Gasteiger partial charge on any atom is 0.238 e. The molecule has 5 heteroatoms. The fraction of sp³-hybridized carbons (Fsp3) is 0.391. The largest absolute Gasteiger partial charge is 0.326 e. The van der Waals surface area contributed by atoms with E-state index in [4.69, 9.17) is 0 Å². The number of nitrogens with zero attached hydrogens (tertiary/aromatic N) is 1. The Kier molecular flexibility index (Phi) is 6.47. The lowest BCUT2D eigenvalue weighted by Crippen LogP contribution is -2.41. The van der Waals surface area contributed by atoms with Crippen LogP contribution in [-0.4, -0.2) is 36.3 Å². The van der Waals surface area contributed by atoms with Crippen molar-refractivity contribution in [2.75, 3.05) is 30.3 Å². The molecule has 2 N–H and O–H groups in total. The molecule has 28 heavy (non-hydrogen) atoms. The number of amides is 2. The molecule has 0 spiro atoms. The van der Waals surface area contributed by atoms with E-state index in [0.717, 1.165) is 42.9 Å². The highest BCUT2D eigenvalue weighted by Crippen LogP contribution is 2.22. The van der Waals surface area contributed by atoms with Crippen molar-refractivity contribution >= 4 is 23.2 Å². The van der Waals surface area contributed by atoms with Crippen LogP contribution in [0.2, 0.25) is 0 Å². The Labute approximate surface area is 167 Å². The average molecular weight is 380 g/mol. The fourth-order valence-electron chi connectivity index (χ4n) is 3.52. The highest BCUT2D eigenvalue weighted by Gasteiger charge is 2.26. The molecule has 0 aliphatic carbocycles. The Morgan fingerprint density at radius 2 is 1.64 bits per heavy atom. The minimum atomic E-state index is -0.0119. The molecule has 0 radical (unpaired) electrons. The number of hydrogen-bond acceptors (Lipinski definition) is 3. The predicted molar refractivity (Wildman–Crippen MR) is 114 cm³/mol. The van der Waals surface area contributed by atoms with Gasteiger partial charge in [-0.3, -0.25) is 14.5 Å². The molecule has 0 bridgehead atoms. The van der Waals surface area contributed by atoms with E-state index in [-0.39, 0.29) is 17.7 Å². The maximum atomic E-state index is 12.6. The molecule has 3 rings (SSSR count). The summed E-state index contributed by atoms with van der Waals surface area (Å²) in [6, 6.07) is 13.8. The Bertz CT molecular complexity index is 837. The minimum absolute atomic E-state index is 0.00341. The summed E-state index contributed by atoms with van der Waals surface area (Å²) in [6.07, 6.45) is 1.54. The Balaban J connectivity index is 1.46.